The van der Waals surface area contributed by atoms with Gasteiger partial charge in [0.25, 0.3) is 0 Å². The standard InChI is InChI=1S/C17H27NO/c1-13-11-14(2)17(16(18)12-13)19-10-6-9-15-7-4-3-5-8-15/h3-5,7-8,13-14,16-17H,6,9-12,18H2,1-2H3. The van der Waals surface area contributed by atoms with Crippen molar-refractivity contribution in [3.05, 3.63) is 35.9 Å². The van der Waals surface area contributed by atoms with Gasteiger partial charge in [0, 0.05) is 12.6 Å². The Balaban J connectivity index is 1.70. The summed E-state index contributed by atoms with van der Waals surface area (Å²) in [5.41, 5.74) is 7.62. The van der Waals surface area contributed by atoms with Crippen molar-refractivity contribution in [3.8, 4) is 0 Å². The summed E-state index contributed by atoms with van der Waals surface area (Å²) in [7, 11) is 0. The van der Waals surface area contributed by atoms with E-state index in [0.29, 0.717) is 5.92 Å². The molecule has 1 aromatic rings. The summed E-state index contributed by atoms with van der Waals surface area (Å²) in [5.74, 6) is 1.34. The van der Waals surface area contributed by atoms with Crippen LogP contribution in [-0.2, 0) is 11.2 Å². The third-order valence-corrected chi connectivity index (χ3v) is 4.19. The normalized spacial score (nSPS) is 31.3. The Morgan fingerprint density at radius 3 is 2.58 bits per heavy atom. The second-order valence-electron chi connectivity index (χ2n) is 6.14. The molecular weight excluding hydrogens is 234 g/mol. The van der Waals surface area contributed by atoms with Crippen LogP contribution in [0.1, 0.15) is 38.7 Å². The number of aryl methyl sites for hydroxylation is 1. The van der Waals surface area contributed by atoms with Crippen LogP contribution < -0.4 is 5.73 Å². The lowest BCUT2D eigenvalue weighted by Gasteiger charge is -2.37. The Hall–Kier alpha value is -0.860. The Morgan fingerprint density at radius 2 is 1.89 bits per heavy atom. The number of ether oxygens (including phenoxy) is 1. The zero-order valence-electron chi connectivity index (χ0n) is 12.2. The number of hydrogen-bond donors (Lipinski definition) is 1. The average Bonchev–Trinajstić information content (AvgIpc) is 2.38. The third kappa shape index (κ3) is 4.32. The van der Waals surface area contributed by atoms with Gasteiger partial charge in [0.2, 0.25) is 0 Å². The van der Waals surface area contributed by atoms with Crippen LogP contribution in [0, 0.1) is 11.8 Å². The molecule has 0 heterocycles. The molecule has 1 aliphatic rings. The molecule has 0 saturated heterocycles. The lowest BCUT2D eigenvalue weighted by molar-refractivity contribution is -0.0289. The van der Waals surface area contributed by atoms with E-state index in [2.05, 4.69) is 44.2 Å². The highest BCUT2D eigenvalue weighted by atomic mass is 16.5. The number of rotatable bonds is 5. The molecule has 1 saturated carbocycles. The van der Waals surface area contributed by atoms with Crippen LogP contribution in [0.5, 0.6) is 0 Å². The Labute approximate surface area is 117 Å². The molecule has 19 heavy (non-hydrogen) atoms. The van der Waals surface area contributed by atoms with E-state index in [9.17, 15) is 0 Å². The number of hydrogen-bond acceptors (Lipinski definition) is 2. The highest BCUT2D eigenvalue weighted by Gasteiger charge is 2.32. The van der Waals surface area contributed by atoms with Gasteiger partial charge in [-0.15, -0.1) is 0 Å². The van der Waals surface area contributed by atoms with Gasteiger partial charge < -0.3 is 10.5 Å². The van der Waals surface area contributed by atoms with E-state index < -0.39 is 0 Å². The van der Waals surface area contributed by atoms with Gasteiger partial charge >= 0.3 is 0 Å². The highest BCUT2D eigenvalue weighted by Crippen LogP contribution is 2.30. The van der Waals surface area contributed by atoms with Crippen LogP contribution in [0.25, 0.3) is 0 Å². The molecule has 2 N–H and O–H groups in total. The molecule has 0 aromatic heterocycles. The Bertz CT molecular complexity index is 353. The van der Waals surface area contributed by atoms with Crippen LogP contribution in [0.3, 0.4) is 0 Å². The van der Waals surface area contributed by atoms with Gasteiger partial charge in [-0.3, -0.25) is 0 Å². The fraction of sp³-hybridized carbons (Fsp3) is 0.647. The summed E-state index contributed by atoms with van der Waals surface area (Å²) in [5, 5.41) is 0. The summed E-state index contributed by atoms with van der Waals surface area (Å²) >= 11 is 0. The van der Waals surface area contributed by atoms with Gasteiger partial charge in [0.05, 0.1) is 6.10 Å². The molecule has 1 aromatic carbocycles. The van der Waals surface area contributed by atoms with Crippen molar-refractivity contribution in [1.29, 1.82) is 0 Å². The van der Waals surface area contributed by atoms with Crippen molar-refractivity contribution < 1.29 is 4.74 Å². The predicted octanol–water partition coefficient (Wildman–Crippen LogP) is 3.40. The largest absolute Gasteiger partial charge is 0.376 e. The summed E-state index contributed by atoms with van der Waals surface area (Å²) in [6.45, 7) is 5.39. The van der Waals surface area contributed by atoms with E-state index in [1.165, 1.54) is 12.0 Å². The molecule has 4 atom stereocenters. The second-order valence-corrected chi connectivity index (χ2v) is 6.14. The van der Waals surface area contributed by atoms with Crippen molar-refractivity contribution in [2.24, 2.45) is 17.6 Å². The molecule has 4 unspecified atom stereocenters. The quantitative estimate of drug-likeness (QED) is 0.825. The minimum Gasteiger partial charge on any atom is -0.376 e. The van der Waals surface area contributed by atoms with Crippen molar-refractivity contribution in [2.75, 3.05) is 6.61 Å². The molecular formula is C17H27NO. The molecule has 0 amide bonds. The van der Waals surface area contributed by atoms with Crippen LogP contribution in [0.2, 0.25) is 0 Å². The van der Waals surface area contributed by atoms with E-state index in [1.807, 2.05) is 0 Å². The van der Waals surface area contributed by atoms with Crippen LogP contribution in [0.4, 0.5) is 0 Å². The molecule has 106 valence electrons. The molecule has 0 aliphatic heterocycles. The minimum atomic E-state index is 0.218. The van der Waals surface area contributed by atoms with Gasteiger partial charge in [-0.1, -0.05) is 44.2 Å². The molecule has 2 rings (SSSR count). The van der Waals surface area contributed by atoms with Gasteiger partial charge in [-0.2, -0.15) is 0 Å². The van der Waals surface area contributed by atoms with Crippen molar-refractivity contribution in [2.45, 2.75) is 51.7 Å². The molecule has 2 nitrogen and oxygen atoms in total. The molecule has 0 bridgehead atoms. The lowest BCUT2D eigenvalue weighted by Crippen LogP contribution is -2.46. The predicted molar refractivity (Wildman–Crippen MR) is 80.0 cm³/mol. The van der Waals surface area contributed by atoms with Crippen LogP contribution >= 0.6 is 0 Å². The first-order valence-electron chi connectivity index (χ1n) is 7.58. The van der Waals surface area contributed by atoms with Gasteiger partial charge in [0.1, 0.15) is 0 Å². The van der Waals surface area contributed by atoms with Crippen molar-refractivity contribution >= 4 is 0 Å². The average molecular weight is 261 g/mol. The fourth-order valence-electron chi connectivity index (χ4n) is 3.31. The van der Waals surface area contributed by atoms with E-state index in [-0.39, 0.29) is 12.1 Å². The first-order chi connectivity index (χ1) is 9.16. The SMILES string of the molecule is CC1CC(C)C(OCCCc2ccccc2)C(N)C1. The Morgan fingerprint density at radius 1 is 1.16 bits per heavy atom. The maximum atomic E-state index is 6.23. The Kier molecular flexibility index (Phi) is 5.41. The molecule has 0 radical (unpaired) electrons. The van der Waals surface area contributed by atoms with E-state index >= 15 is 0 Å². The van der Waals surface area contributed by atoms with Gasteiger partial charge in [-0.05, 0) is 43.1 Å². The van der Waals surface area contributed by atoms with E-state index in [4.69, 9.17) is 10.5 Å². The zero-order valence-corrected chi connectivity index (χ0v) is 12.2. The number of benzene rings is 1. The maximum Gasteiger partial charge on any atom is 0.0751 e. The maximum absolute atomic E-state index is 6.23. The molecule has 1 fully saturated rings. The van der Waals surface area contributed by atoms with E-state index in [0.717, 1.165) is 31.8 Å². The topological polar surface area (TPSA) is 35.2 Å². The zero-order chi connectivity index (χ0) is 13.7. The van der Waals surface area contributed by atoms with Crippen LogP contribution in [-0.4, -0.2) is 18.8 Å². The number of nitrogens with two attached hydrogens (primary N) is 1. The van der Waals surface area contributed by atoms with Gasteiger partial charge in [0.15, 0.2) is 0 Å². The lowest BCUT2D eigenvalue weighted by atomic mass is 9.78. The summed E-state index contributed by atoms with van der Waals surface area (Å²) in [4.78, 5) is 0. The monoisotopic (exact) mass is 261 g/mol. The fourth-order valence-corrected chi connectivity index (χ4v) is 3.31. The molecule has 1 aliphatic carbocycles. The van der Waals surface area contributed by atoms with Crippen molar-refractivity contribution in [3.63, 3.8) is 0 Å². The van der Waals surface area contributed by atoms with E-state index in [1.54, 1.807) is 0 Å². The first kappa shape index (κ1) is 14.5. The third-order valence-electron chi connectivity index (χ3n) is 4.19. The smallest absolute Gasteiger partial charge is 0.0751 e. The molecule has 0 spiro atoms. The minimum absolute atomic E-state index is 0.218. The van der Waals surface area contributed by atoms with Crippen molar-refractivity contribution in [1.82, 2.24) is 0 Å². The van der Waals surface area contributed by atoms with Gasteiger partial charge in [-0.25, -0.2) is 0 Å². The second kappa shape index (κ2) is 7.06. The summed E-state index contributed by atoms with van der Waals surface area (Å²) in [6.07, 6.45) is 4.78. The highest BCUT2D eigenvalue weighted by molar-refractivity contribution is 5.14. The van der Waals surface area contributed by atoms with Crippen LogP contribution in [0.15, 0.2) is 30.3 Å². The molecule has 2 heteroatoms. The first-order valence-corrected chi connectivity index (χ1v) is 7.58. The summed E-state index contributed by atoms with van der Waals surface area (Å²) < 4.78 is 6.05. The summed E-state index contributed by atoms with van der Waals surface area (Å²) in [6, 6.07) is 10.8.